The first-order valence-electron chi connectivity index (χ1n) is 5.64. The average Bonchev–Trinajstić information content (AvgIpc) is 3.13. The number of pyridine rings is 1. The Bertz CT molecular complexity index is 441. The molecule has 1 aliphatic rings. The lowest BCUT2D eigenvalue weighted by Crippen LogP contribution is -2.25. The van der Waals surface area contributed by atoms with Crippen molar-refractivity contribution < 1.29 is 14.7 Å². The molecule has 0 radical (unpaired) electrons. The van der Waals surface area contributed by atoms with Gasteiger partial charge in [-0.05, 0) is 24.5 Å². The van der Waals surface area contributed by atoms with Crippen LogP contribution >= 0.6 is 0 Å². The first-order valence-corrected chi connectivity index (χ1v) is 5.64. The standard InChI is InChI=1S/C12H14N2O3/c15-11(14-5-3-8-1-2-8)9-4-6-13-10(7-9)12(16)17/h4,6-8H,1-3,5H2,(H,14,15)(H,16,17). The van der Waals surface area contributed by atoms with Crippen molar-refractivity contribution in [1.82, 2.24) is 10.3 Å². The summed E-state index contributed by atoms with van der Waals surface area (Å²) in [7, 11) is 0. The van der Waals surface area contributed by atoms with E-state index >= 15 is 0 Å². The summed E-state index contributed by atoms with van der Waals surface area (Å²) in [6.45, 7) is 0.647. The number of carbonyl (C=O) groups is 2. The van der Waals surface area contributed by atoms with Gasteiger partial charge in [0, 0.05) is 18.3 Å². The fourth-order valence-electron chi connectivity index (χ4n) is 1.59. The van der Waals surface area contributed by atoms with Crippen LogP contribution < -0.4 is 5.32 Å². The van der Waals surface area contributed by atoms with Crippen molar-refractivity contribution in [3.63, 3.8) is 0 Å². The predicted octanol–water partition coefficient (Wildman–Crippen LogP) is 1.31. The Balaban J connectivity index is 1.92. The molecular formula is C12H14N2O3. The number of hydrogen-bond acceptors (Lipinski definition) is 3. The van der Waals surface area contributed by atoms with Gasteiger partial charge >= 0.3 is 5.97 Å². The van der Waals surface area contributed by atoms with E-state index in [1.807, 2.05) is 0 Å². The zero-order chi connectivity index (χ0) is 12.3. The molecule has 5 heteroatoms. The third kappa shape index (κ3) is 3.27. The second-order valence-electron chi connectivity index (χ2n) is 4.22. The van der Waals surface area contributed by atoms with Crippen LogP contribution in [0.25, 0.3) is 0 Å². The van der Waals surface area contributed by atoms with Crippen LogP contribution in [0.4, 0.5) is 0 Å². The lowest BCUT2D eigenvalue weighted by molar-refractivity contribution is 0.0690. The van der Waals surface area contributed by atoms with Crippen molar-refractivity contribution in [3.05, 3.63) is 29.6 Å². The summed E-state index contributed by atoms with van der Waals surface area (Å²) >= 11 is 0. The molecule has 2 N–H and O–H groups in total. The first kappa shape index (κ1) is 11.6. The second-order valence-corrected chi connectivity index (χ2v) is 4.22. The van der Waals surface area contributed by atoms with Gasteiger partial charge in [-0.2, -0.15) is 0 Å². The summed E-state index contributed by atoms with van der Waals surface area (Å²) in [5, 5.41) is 11.5. The number of carboxylic acid groups (broad SMARTS) is 1. The first-order chi connectivity index (χ1) is 8.16. The minimum absolute atomic E-state index is 0.111. The summed E-state index contributed by atoms with van der Waals surface area (Å²) in [6.07, 6.45) is 4.85. The number of amides is 1. The molecule has 1 fully saturated rings. The number of aromatic carboxylic acids is 1. The van der Waals surface area contributed by atoms with Gasteiger partial charge in [-0.1, -0.05) is 12.8 Å². The van der Waals surface area contributed by atoms with Gasteiger partial charge in [0.15, 0.2) is 0 Å². The van der Waals surface area contributed by atoms with E-state index in [0.29, 0.717) is 12.1 Å². The quantitative estimate of drug-likeness (QED) is 0.805. The van der Waals surface area contributed by atoms with E-state index in [2.05, 4.69) is 10.3 Å². The summed E-state index contributed by atoms with van der Waals surface area (Å²) in [4.78, 5) is 26.0. The van der Waals surface area contributed by atoms with Crippen LogP contribution in [-0.4, -0.2) is 28.5 Å². The SMILES string of the molecule is O=C(NCCC1CC1)c1ccnc(C(=O)O)c1. The van der Waals surface area contributed by atoms with E-state index in [-0.39, 0.29) is 11.6 Å². The van der Waals surface area contributed by atoms with E-state index in [0.717, 1.165) is 12.3 Å². The lowest BCUT2D eigenvalue weighted by atomic mass is 10.2. The Kier molecular flexibility index (Phi) is 3.37. The van der Waals surface area contributed by atoms with Gasteiger partial charge in [-0.3, -0.25) is 4.79 Å². The van der Waals surface area contributed by atoms with E-state index in [1.54, 1.807) is 0 Å². The van der Waals surface area contributed by atoms with Crippen LogP contribution in [0, 0.1) is 5.92 Å². The molecule has 1 aromatic rings. The highest BCUT2D eigenvalue weighted by Crippen LogP contribution is 2.31. The zero-order valence-corrected chi connectivity index (χ0v) is 9.35. The van der Waals surface area contributed by atoms with Gasteiger partial charge in [0.1, 0.15) is 5.69 Å². The Morgan fingerprint density at radius 1 is 1.47 bits per heavy atom. The molecule has 0 spiro atoms. The van der Waals surface area contributed by atoms with Crippen LogP contribution in [0.5, 0.6) is 0 Å². The highest BCUT2D eigenvalue weighted by molar-refractivity contribution is 5.96. The molecule has 0 bridgehead atoms. The topological polar surface area (TPSA) is 79.3 Å². The highest BCUT2D eigenvalue weighted by atomic mass is 16.4. The Hall–Kier alpha value is -1.91. The normalized spacial score (nSPS) is 14.4. The molecule has 5 nitrogen and oxygen atoms in total. The van der Waals surface area contributed by atoms with Crippen molar-refractivity contribution in [2.75, 3.05) is 6.54 Å². The average molecular weight is 234 g/mol. The van der Waals surface area contributed by atoms with Crippen molar-refractivity contribution in [3.8, 4) is 0 Å². The van der Waals surface area contributed by atoms with Crippen LogP contribution in [0.2, 0.25) is 0 Å². The predicted molar refractivity (Wildman–Crippen MR) is 60.9 cm³/mol. The number of carbonyl (C=O) groups excluding carboxylic acids is 1. The van der Waals surface area contributed by atoms with E-state index < -0.39 is 5.97 Å². The van der Waals surface area contributed by atoms with Crippen molar-refractivity contribution >= 4 is 11.9 Å². The molecule has 0 aliphatic heterocycles. The van der Waals surface area contributed by atoms with Crippen molar-refractivity contribution in [1.29, 1.82) is 0 Å². The molecule has 1 heterocycles. The maximum absolute atomic E-state index is 11.7. The van der Waals surface area contributed by atoms with Crippen LogP contribution in [0.15, 0.2) is 18.3 Å². The molecule has 2 rings (SSSR count). The number of carboxylic acids is 1. The van der Waals surface area contributed by atoms with Gasteiger partial charge in [0.2, 0.25) is 0 Å². The third-order valence-corrected chi connectivity index (χ3v) is 2.78. The molecule has 1 aromatic heterocycles. The highest BCUT2D eigenvalue weighted by Gasteiger charge is 2.20. The minimum Gasteiger partial charge on any atom is -0.477 e. The van der Waals surface area contributed by atoms with Gasteiger partial charge in [0.05, 0.1) is 0 Å². The summed E-state index contributed by atoms with van der Waals surface area (Å²) in [5.74, 6) is -0.601. The molecule has 0 saturated heterocycles. The molecule has 90 valence electrons. The molecule has 0 atom stereocenters. The van der Waals surface area contributed by atoms with Crippen LogP contribution in [0.3, 0.4) is 0 Å². The summed E-state index contributed by atoms with van der Waals surface area (Å²) < 4.78 is 0. The summed E-state index contributed by atoms with van der Waals surface area (Å²) in [5.41, 5.74) is 0.230. The Morgan fingerprint density at radius 2 is 2.24 bits per heavy atom. The fourth-order valence-corrected chi connectivity index (χ4v) is 1.59. The van der Waals surface area contributed by atoms with Crippen LogP contribution in [0.1, 0.15) is 40.1 Å². The largest absolute Gasteiger partial charge is 0.477 e. The molecule has 1 amide bonds. The Morgan fingerprint density at radius 3 is 2.88 bits per heavy atom. The lowest BCUT2D eigenvalue weighted by Gasteiger charge is -2.04. The van der Waals surface area contributed by atoms with E-state index in [1.165, 1.54) is 31.2 Å². The van der Waals surface area contributed by atoms with Crippen molar-refractivity contribution in [2.24, 2.45) is 5.92 Å². The zero-order valence-electron chi connectivity index (χ0n) is 9.35. The monoisotopic (exact) mass is 234 g/mol. The number of rotatable bonds is 5. The maximum atomic E-state index is 11.7. The smallest absolute Gasteiger partial charge is 0.354 e. The van der Waals surface area contributed by atoms with E-state index in [4.69, 9.17) is 5.11 Å². The van der Waals surface area contributed by atoms with E-state index in [9.17, 15) is 9.59 Å². The third-order valence-electron chi connectivity index (χ3n) is 2.78. The number of nitrogens with one attached hydrogen (secondary N) is 1. The van der Waals surface area contributed by atoms with Gasteiger partial charge in [0.25, 0.3) is 5.91 Å². The molecule has 0 unspecified atom stereocenters. The molecular weight excluding hydrogens is 220 g/mol. The van der Waals surface area contributed by atoms with Crippen LogP contribution in [-0.2, 0) is 0 Å². The second kappa shape index (κ2) is 4.95. The number of hydrogen-bond donors (Lipinski definition) is 2. The molecule has 1 aliphatic carbocycles. The number of nitrogens with zero attached hydrogens (tertiary/aromatic N) is 1. The Labute approximate surface area is 98.9 Å². The van der Waals surface area contributed by atoms with Gasteiger partial charge in [-0.25, -0.2) is 9.78 Å². The minimum atomic E-state index is -1.13. The van der Waals surface area contributed by atoms with Gasteiger partial charge < -0.3 is 10.4 Å². The summed E-state index contributed by atoms with van der Waals surface area (Å²) in [6, 6.07) is 2.80. The maximum Gasteiger partial charge on any atom is 0.354 e. The molecule has 0 aromatic carbocycles. The van der Waals surface area contributed by atoms with Gasteiger partial charge in [-0.15, -0.1) is 0 Å². The molecule has 1 saturated carbocycles. The number of aromatic nitrogens is 1. The fraction of sp³-hybridized carbons (Fsp3) is 0.417. The van der Waals surface area contributed by atoms with Crippen molar-refractivity contribution in [2.45, 2.75) is 19.3 Å². The molecule has 17 heavy (non-hydrogen) atoms.